The monoisotopic (exact) mass is 261 g/mol. The van der Waals surface area contributed by atoms with Gasteiger partial charge in [-0.2, -0.15) is 0 Å². The van der Waals surface area contributed by atoms with Gasteiger partial charge < -0.3 is 5.32 Å². The van der Waals surface area contributed by atoms with Gasteiger partial charge in [0.15, 0.2) is 0 Å². The summed E-state index contributed by atoms with van der Waals surface area (Å²) >= 11 is 0. The molecule has 0 amide bonds. The van der Waals surface area contributed by atoms with Crippen LogP contribution in [0.15, 0.2) is 30.3 Å². The van der Waals surface area contributed by atoms with Crippen molar-refractivity contribution in [2.24, 2.45) is 5.92 Å². The van der Waals surface area contributed by atoms with Crippen LogP contribution in [0.2, 0.25) is 0 Å². The van der Waals surface area contributed by atoms with E-state index in [1.54, 1.807) is 0 Å². The van der Waals surface area contributed by atoms with Gasteiger partial charge >= 0.3 is 0 Å². The lowest BCUT2D eigenvalue weighted by molar-refractivity contribution is 0.248. The quantitative estimate of drug-likeness (QED) is 0.631. The minimum atomic E-state index is 0.284. The molecule has 0 aliphatic carbocycles. The van der Waals surface area contributed by atoms with E-state index in [1.165, 1.54) is 31.2 Å². The second-order valence-electron chi connectivity index (χ2n) is 5.74. The first-order chi connectivity index (χ1) is 9.21. The first kappa shape index (κ1) is 16.2. The van der Waals surface area contributed by atoms with Crippen LogP contribution in [0.1, 0.15) is 58.9 Å². The molecule has 0 bridgehead atoms. The maximum absolute atomic E-state index is 3.66. The molecule has 2 atom stereocenters. The summed E-state index contributed by atoms with van der Waals surface area (Å²) in [5, 5.41) is 3.66. The maximum Gasteiger partial charge on any atom is 0.0101 e. The summed E-state index contributed by atoms with van der Waals surface area (Å²) in [7, 11) is 0. The predicted octanol–water partition coefficient (Wildman–Crippen LogP) is 4.77. The first-order valence-corrected chi connectivity index (χ1v) is 7.97. The van der Waals surface area contributed by atoms with Crippen molar-refractivity contribution in [3.63, 3.8) is 0 Å². The van der Waals surface area contributed by atoms with Crippen LogP contribution in [0.25, 0.3) is 0 Å². The molecule has 0 saturated carbocycles. The second kappa shape index (κ2) is 8.37. The standard InChI is InChI=1S/C18H31N/c1-5-11-16(4)18(7-3,15-19-14-6-2)17-12-9-8-10-13-17/h8-10,12-13,16,19H,5-7,11,14-15H2,1-4H3. The zero-order chi connectivity index (χ0) is 14.1. The minimum absolute atomic E-state index is 0.284. The van der Waals surface area contributed by atoms with Gasteiger partial charge in [0.05, 0.1) is 0 Å². The van der Waals surface area contributed by atoms with Crippen LogP contribution in [0, 0.1) is 5.92 Å². The van der Waals surface area contributed by atoms with Crippen LogP contribution >= 0.6 is 0 Å². The van der Waals surface area contributed by atoms with Crippen LogP contribution in [-0.4, -0.2) is 13.1 Å². The van der Waals surface area contributed by atoms with E-state index in [4.69, 9.17) is 0 Å². The molecule has 1 nitrogen and oxygen atoms in total. The highest BCUT2D eigenvalue weighted by molar-refractivity contribution is 5.27. The molecule has 1 rings (SSSR count). The van der Waals surface area contributed by atoms with E-state index in [0.29, 0.717) is 5.92 Å². The molecule has 1 N–H and O–H groups in total. The zero-order valence-electron chi connectivity index (χ0n) is 13.2. The Hall–Kier alpha value is -0.820. The summed E-state index contributed by atoms with van der Waals surface area (Å²) in [4.78, 5) is 0. The average molecular weight is 261 g/mol. The number of benzene rings is 1. The fourth-order valence-electron chi connectivity index (χ4n) is 3.21. The highest BCUT2D eigenvalue weighted by Crippen LogP contribution is 2.37. The van der Waals surface area contributed by atoms with Gasteiger partial charge in [-0.15, -0.1) is 0 Å². The van der Waals surface area contributed by atoms with Crippen LogP contribution in [0.3, 0.4) is 0 Å². The van der Waals surface area contributed by atoms with Gasteiger partial charge in [0, 0.05) is 12.0 Å². The van der Waals surface area contributed by atoms with Gasteiger partial charge in [-0.25, -0.2) is 0 Å². The number of hydrogen-bond donors (Lipinski definition) is 1. The Morgan fingerprint density at radius 1 is 1.05 bits per heavy atom. The molecule has 19 heavy (non-hydrogen) atoms. The topological polar surface area (TPSA) is 12.0 Å². The molecule has 0 heterocycles. The van der Waals surface area contributed by atoms with Crippen molar-refractivity contribution >= 4 is 0 Å². The molecule has 0 aliphatic heterocycles. The normalized spacial score (nSPS) is 16.0. The van der Waals surface area contributed by atoms with E-state index in [2.05, 4.69) is 63.3 Å². The van der Waals surface area contributed by atoms with E-state index in [1.807, 2.05) is 0 Å². The van der Waals surface area contributed by atoms with Gasteiger partial charge in [-0.3, -0.25) is 0 Å². The van der Waals surface area contributed by atoms with Crippen molar-refractivity contribution in [1.82, 2.24) is 5.32 Å². The second-order valence-corrected chi connectivity index (χ2v) is 5.74. The van der Waals surface area contributed by atoms with Crippen molar-refractivity contribution < 1.29 is 0 Å². The van der Waals surface area contributed by atoms with Gasteiger partial charge in [0.25, 0.3) is 0 Å². The Kier molecular flexibility index (Phi) is 7.15. The molecule has 0 saturated heterocycles. The molecule has 0 fully saturated rings. The van der Waals surface area contributed by atoms with Crippen LogP contribution in [0.4, 0.5) is 0 Å². The maximum atomic E-state index is 3.66. The molecule has 0 aromatic heterocycles. The van der Waals surface area contributed by atoms with Crippen molar-refractivity contribution in [3.8, 4) is 0 Å². The molecule has 0 aliphatic rings. The van der Waals surface area contributed by atoms with E-state index >= 15 is 0 Å². The Labute approximate surface area is 119 Å². The third-order valence-corrected chi connectivity index (χ3v) is 4.51. The number of nitrogens with one attached hydrogen (secondary N) is 1. The summed E-state index contributed by atoms with van der Waals surface area (Å²) < 4.78 is 0. The summed E-state index contributed by atoms with van der Waals surface area (Å²) in [5.74, 6) is 0.717. The molecule has 108 valence electrons. The largest absolute Gasteiger partial charge is 0.316 e. The third-order valence-electron chi connectivity index (χ3n) is 4.51. The van der Waals surface area contributed by atoms with Crippen molar-refractivity contribution in [3.05, 3.63) is 35.9 Å². The molecular formula is C18H31N. The zero-order valence-corrected chi connectivity index (χ0v) is 13.2. The summed E-state index contributed by atoms with van der Waals surface area (Å²) in [5.41, 5.74) is 1.79. The van der Waals surface area contributed by atoms with Gasteiger partial charge in [0.2, 0.25) is 0 Å². The molecule has 0 spiro atoms. The van der Waals surface area contributed by atoms with E-state index in [-0.39, 0.29) is 5.41 Å². The molecular weight excluding hydrogens is 230 g/mol. The van der Waals surface area contributed by atoms with E-state index in [9.17, 15) is 0 Å². The highest BCUT2D eigenvalue weighted by atomic mass is 14.9. The molecule has 1 aromatic rings. The highest BCUT2D eigenvalue weighted by Gasteiger charge is 2.35. The lowest BCUT2D eigenvalue weighted by atomic mass is 9.67. The van der Waals surface area contributed by atoms with Gasteiger partial charge in [0.1, 0.15) is 0 Å². The fourth-order valence-corrected chi connectivity index (χ4v) is 3.21. The van der Waals surface area contributed by atoms with Crippen LogP contribution < -0.4 is 5.32 Å². The lowest BCUT2D eigenvalue weighted by Crippen LogP contribution is -2.43. The Balaban J connectivity index is 2.99. The first-order valence-electron chi connectivity index (χ1n) is 7.97. The molecule has 1 aromatic carbocycles. The number of hydrogen-bond acceptors (Lipinski definition) is 1. The molecule has 2 unspecified atom stereocenters. The van der Waals surface area contributed by atoms with Crippen LogP contribution in [-0.2, 0) is 5.41 Å². The number of rotatable bonds is 9. The summed E-state index contributed by atoms with van der Waals surface area (Å²) in [6.45, 7) is 11.5. The average Bonchev–Trinajstić information content (AvgIpc) is 2.45. The Morgan fingerprint density at radius 3 is 2.26 bits per heavy atom. The molecule has 0 radical (unpaired) electrons. The SMILES string of the molecule is CCCNCC(CC)(c1ccccc1)C(C)CCC. The summed E-state index contributed by atoms with van der Waals surface area (Å²) in [6.07, 6.45) is 4.98. The Bertz CT molecular complexity index is 333. The van der Waals surface area contributed by atoms with Gasteiger partial charge in [-0.05, 0) is 30.9 Å². The van der Waals surface area contributed by atoms with E-state index in [0.717, 1.165) is 13.1 Å². The third kappa shape index (κ3) is 4.07. The smallest absolute Gasteiger partial charge is 0.0101 e. The van der Waals surface area contributed by atoms with Gasteiger partial charge in [-0.1, -0.05) is 70.9 Å². The molecule has 1 heteroatoms. The van der Waals surface area contributed by atoms with Crippen molar-refractivity contribution in [1.29, 1.82) is 0 Å². The summed E-state index contributed by atoms with van der Waals surface area (Å²) in [6, 6.07) is 11.1. The van der Waals surface area contributed by atoms with Crippen molar-refractivity contribution in [2.45, 2.75) is 58.8 Å². The fraction of sp³-hybridized carbons (Fsp3) is 0.667. The Morgan fingerprint density at radius 2 is 1.74 bits per heavy atom. The van der Waals surface area contributed by atoms with Crippen LogP contribution in [0.5, 0.6) is 0 Å². The van der Waals surface area contributed by atoms with Crippen molar-refractivity contribution in [2.75, 3.05) is 13.1 Å². The minimum Gasteiger partial charge on any atom is -0.316 e. The predicted molar refractivity (Wildman–Crippen MR) is 85.6 cm³/mol. The van der Waals surface area contributed by atoms with E-state index < -0.39 is 0 Å². The lowest BCUT2D eigenvalue weighted by Gasteiger charge is -2.40.